The van der Waals surface area contributed by atoms with E-state index in [1.54, 1.807) is 0 Å². The second-order valence-corrected chi connectivity index (χ2v) is 5.87. The van der Waals surface area contributed by atoms with Crippen LogP contribution in [0.25, 0.3) is 0 Å². The van der Waals surface area contributed by atoms with Crippen molar-refractivity contribution in [2.45, 2.75) is 64.7 Å². The highest BCUT2D eigenvalue weighted by atomic mass is 16.5. The van der Waals surface area contributed by atoms with Gasteiger partial charge in [-0.15, -0.1) is 0 Å². The van der Waals surface area contributed by atoms with Gasteiger partial charge >= 0.3 is 5.97 Å². The number of ether oxygens (including phenoxy) is 1. The van der Waals surface area contributed by atoms with Crippen LogP contribution in [-0.2, 0) is 9.53 Å². The van der Waals surface area contributed by atoms with Gasteiger partial charge in [0.05, 0.1) is 13.2 Å². The number of carbonyl (C=O) groups excluding carboxylic acids is 1. The highest BCUT2D eigenvalue weighted by Crippen LogP contribution is 2.10. The molecule has 1 atom stereocenters. The zero-order chi connectivity index (χ0) is 16.5. The fourth-order valence-electron chi connectivity index (χ4n) is 2.27. The Morgan fingerprint density at radius 1 is 1.05 bits per heavy atom. The molecule has 0 aromatic heterocycles. The highest BCUT2D eigenvalue weighted by molar-refractivity contribution is 5.69. The molecule has 5 heteroatoms. The third-order valence-electron chi connectivity index (χ3n) is 3.73. The maximum atomic E-state index is 11.6. The van der Waals surface area contributed by atoms with Crippen LogP contribution in [0.15, 0.2) is 0 Å². The Labute approximate surface area is 135 Å². The van der Waals surface area contributed by atoms with Gasteiger partial charge in [0.1, 0.15) is 0 Å². The lowest BCUT2D eigenvalue weighted by Gasteiger charge is -2.14. The lowest BCUT2D eigenvalue weighted by atomic mass is 10.0. The van der Waals surface area contributed by atoms with Crippen molar-refractivity contribution in [2.75, 3.05) is 32.9 Å². The molecule has 0 aliphatic heterocycles. The van der Waals surface area contributed by atoms with Crippen LogP contribution in [-0.4, -0.2) is 49.1 Å². The number of rotatable bonds is 16. The largest absolute Gasteiger partial charge is 0.465 e. The summed E-state index contributed by atoms with van der Waals surface area (Å²) in [5.41, 5.74) is 0. The van der Waals surface area contributed by atoms with Gasteiger partial charge in [0.2, 0.25) is 0 Å². The van der Waals surface area contributed by atoms with Crippen molar-refractivity contribution in [3.8, 4) is 0 Å². The van der Waals surface area contributed by atoms with Crippen molar-refractivity contribution in [1.29, 1.82) is 0 Å². The van der Waals surface area contributed by atoms with Crippen LogP contribution in [0.2, 0.25) is 0 Å². The van der Waals surface area contributed by atoms with Crippen LogP contribution in [0.4, 0.5) is 0 Å². The van der Waals surface area contributed by atoms with Gasteiger partial charge in [-0.1, -0.05) is 39.0 Å². The van der Waals surface area contributed by atoms with Gasteiger partial charge in [-0.2, -0.15) is 0 Å². The molecule has 0 saturated heterocycles. The van der Waals surface area contributed by atoms with Crippen molar-refractivity contribution < 1.29 is 19.7 Å². The Hall–Kier alpha value is -0.650. The second-order valence-electron chi connectivity index (χ2n) is 5.87. The smallest absolute Gasteiger partial charge is 0.305 e. The Kier molecular flexibility index (Phi) is 16.2. The lowest BCUT2D eigenvalue weighted by Crippen LogP contribution is -2.20. The summed E-state index contributed by atoms with van der Waals surface area (Å²) in [7, 11) is 0. The molecule has 132 valence electrons. The maximum Gasteiger partial charge on any atom is 0.305 e. The summed E-state index contributed by atoms with van der Waals surface area (Å²) in [6, 6.07) is 0. The Balaban J connectivity index is 3.52. The van der Waals surface area contributed by atoms with E-state index in [9.17, 15) is 9.90 Å². The minimum Gasteiger partial charge on any atom is -0.465 e. The molecular formula is C17H35NO4. The van der Waals surface area contributed by atoms with E-state index in [0.717, 1.165) is 38.6 Å². The fraction of sp³-hybridized carbons (Fsp3) is 0.941. The van der Waals surface area contributed by atoms with E-state index in [2.05, 4.69) is 12.2 Å². The molecule has 0 heterocycles. The number of esters is 1. The van der Waals surface area contributed by atoms with E-state index in [0.29, 0.717) is 19.6 Å². The van der Waals surface area contributed by atoms with Crippen molar-refractivity contribution in [2.24, 2.45) is 5.92 Å². The molecule has 0 radical (unpaired) electrons. The molecule has 1 unspecified atom stereocenters. The predicted molar refractivity (Wildman–Crippen MR) is 88.7 cm³/mol. The summed E-state index contributed by atoms with van der Waals surface area (Å²) in [6.07, 6.45) is 8.96. The zero-order valence-corrected chi connectivity index (χ0v) is 14.2. The SMILES string of the molecule is CCCCCCCC(=O)OCC(CO)CCCCNCCO. The first-order valence-corrected chi connectivity index (χ1v) is 8.82. The summed E-state index contributed by atoms with van der Waals surface area (Å²) in [5, 5.41) is 21.1. The van der Waals surface area contributed by atoms with Gasteiger partial charge in [0.25, 0.3) is 0 Å². The van der Waals surface area contributed by atoms with Crippen LogP contribution in [0.5, 0.6) is 0 Å². The summed E-state index contributed by atoms with van der Waals surface area (Å²) in [4.78, 5) is 11.6. The summed E-state index contributed by atoms with van der Waals surface area (Å²) >= 11 is 0. The van der Waals surface area contributed by atoms with Crippen molar-refractivity contribution in [3.63, 3.8) is 0 Å². The van der Waals surface area contributed by atoms with Crippen LogP contribution >= 0.6 is 0 Å². The molecule has 0 saturated carbocycles. The van der Waals surface area contributed by atoms with Crippen LogP contribution in [0.3, 0.4) is 0 Å². The normalized spacial score (nSPS) is 12.3. The Morgan fingerprint density at radius 2 is 1.82 bits per heavy atom. The number of hydrogen-bond donors (Lipinski definition) is 3. The van der Waals surface area contributed by atoms with Gasteiger partial charge in [-0.3, -0.25) is 4.79 Å². The van der Waals surface area contributed by atoms with Gasteiger partial charge in [0.15, 0.2) is 0 Å². The maximum absolute atomic E-state index is 11.6. The molecule has 0 aliphatic rings. The first kappa shape index (κ1) is 21.4. The molecular weight excluding hydrogens is 282 g/mol. The number of unbranched alkanes of at least 4 members (excludes halogenated alkanes) is 5. The van der Waals surface area contributed by atoms with Gasteiger partial charge in [-0.05, 0) is 25.8 Å². The number of hydrogen-bond acceptors (Lipinski definition) is 5. The van der Waals surface area contributed by atoms with Crippen LogP contribution in [0, 0.1) is 5.92 Å². The average molecular weight is 317 g/mol. The van der Waals surface area contributed by atoms with E-state index < -0.39 is 0 Å². The summed E-state index contributed by atoms with van der Waals surface area (Å²) in [5.74, 6) is -0.0959. The topological polar surface area (TPSA) is 78.8 Å². The molecule has 0 bridgehead atoms. The minimum absolute atomic E-state index is 0.0434. The molecule has 0 rings (SSSR count). The van der Waals surface area contributed by atoms with Crippen molar-refractivity contribution in [3.05, 3.63) is 0 Å². The van der Waals surface area contributed by atoms with Gasteiger partial charge in [-0.25, -0.2) is 0 Å². The van der Waals surface area contributed by atoms with Crippen LogP contribution in [0.1, 0.15) is 64.7 Å². The lowest BCUT2D eigenvalue weighted by molar-refractivity contribution is -0.145. The summed E-state index contributed by atoms with van der Waals surface area (Å²) in [6.45, 7) is 4.22. The average Bonchev–Trinajstić information content (AvgIpc) is 2.53. The second kappa shape index (κ2) is 16.7. The highest BCUT2D eigenvalue weighted by Gasteiger charge is 2.11. The number of aliphatic hydroxyl groups excluding tert-OH is 2. The molecule has 0 spiro atoms. The third kappa shape index (κ3) is 14.3. The van der Waals surface area contributed by atoms with Crippen LogP contribution < -0.4 is 5.32 Å². The monoisotopic (exact) mass is 317 g/mol. The minimum atomic E-state index is -0.139. The number of carbonyl (C=O) groups is 1. The zero-order valence-electron chi connectivity index (χ0n) is 14.2. The van der Waals surface area contributed by atoms with E-state index in [-0.39, 0.29) is 25.1 Å². The Morgan fingerprint density at radius 3 is 2.50 bits per heavy atom. The van der Waals surface area contributed by atoms with E-state index in [4.69, 9.17) is 9.84 Å². The molecule has 5 nitrogen and oxygen atoms in total. The van der Waals surface area contributed by atoms with Crippen molar-refractivity contribution in [1.82, 2.24) is 5.32 Å². The quantitative estimate of drug-likeness (QED) is 0.301. The molecule has 22 heavy (non-hydrogen) atoms. The standard InChI is InChI=1S/C17H35NO4/c1-2-3-4-5-6-10-17(21)22-15-16(14-20)9-7-8-11-18-12-13-19/h16,18-20H,2-15H2,1H3. The first-order valence-electron chi connectivity index (χ1n) is 8.82. The van der Waals surface area contributed by atoms with Crippen molar-refractivity contribution >= 4 is 5.97 Å². The first-order chi connectivity index (χ1) is 10.7. The molecule has 0 fully saturated rings. The molecule has 0 aromatic rings. The molecule has 3 N–H and O–H groups in total. The van der Waals surface area contributed by atoms with Gasteiger partial charge < -0.3 is 20.3 Å². The number of nitrogens with one attached hydrogen (secondary N) is 1. The molecule has 0 aromatic carbocycles. The van der Waals surface area contributed by atoms with E-state index in [1.165, 1.54) is 19.3 Å². The Bertz CT molecular complexity index is 249. The predicted octanol–water partition coefficient (Wildman–Crippen LogP) is 2.25. The third-order valence-corrected chi connectivity index (χ3v) is 3.73. The van der Waals surface area contributed by atoms with E-state index >= 15 is 0 Å². The van der Waals surface area contributed by atoms with E-state index in [1.807, 2.05) is 0 Å². The fourth-order valence-corrected chi connectivity index (χ4v) is 2.27. The molecule has 0 aliphatic carbocycles. The number of aliphatic hydroxyl groups is 2. The molecule has 0 amide bonds. The summed E-state index contributed by atoms with van der Waals surface area (Å²) < 4.78 is 5.25. The van der Waals surface area contributed by atoms with Gasteiger partial charge in [0, 0.05) is 25.5 Å².